The average Bonchev–Trinajstić information content (AvgIpc) is 3.03. The smallest absolute Gasteiger partial charge is 0.0800 e. The second-order valence-corrected chi connectivity index (χ2v) is 10.9. The predicted octanol–water partition coefficient (Wildman–Crippen LogP) is 4.80. The maximum atomic E-state index is 2.63. The number of hydrogen-bond acceptors (Lipinski definition) is 0. The Hall–Kier alpha value is -1.08. The summed E-state index contributed by atoms with van der Waals surface area (Å²) in [5.74, 6) is 0. The van der Waals surface area contributed by atoms with Crippen molar-refractivity contribution in [3.05, 3.63) is 54.6 Å². The highest BCUT2D eigenvalue weighted by Crippen LogP contribution is 2.44. The van der Waals surface area contributed by atoms with Gasteiger partial charge in [0, 0.05) is 0 Å². The van der Waals surface area contributed by atoms with E-state index in [4.69, 9.17) is 0 Å². The molecule has 1 heteroatoms. The SMILES string of the molecule is C[Si](c1ccccc1)(C1C=CC=C1)C1CCCCC1. The molecule has 19 heavy (non-hydrogen) atoms. The van der Waals surface area contributed by atoms with Gasteiger partial charge < -0.3 is 0 Å². The van der Waals surface area contributed by atoms with Gasteiger partial charge in [0.2, 0.25) is 0 Å². The van der Waals surface area contributed by atoms with Gasteiger partial charge in [0.1, 0.15) is 0 Å². The maximum absolute atomic E-state index is 2.63. The van der Waals surface area contributed by atoms with E-state index in [0.29, 0.717) is 5.54 Å². The molecule has 0 bridgehead atoms. The van der Waals surface area contributed by atoms with Crippen LogP contribution in [0, 0.1) is 0 Å². The number of allylic oxidation sites excluding steroid dienone is 4. The highest BCUT2D eigenvalue weighted by atomic mass is 28.3. The highest BCUT2D eigenvalue weighted by Gasteiger charge is 2.43. The second kappa shape index (κ2) is 5.50. The van der Waals surface area contributed by atoms with Crippen LogP contribution >= 0.6 is 0 Å². The molecule has 100 valence electrons. The lowest BCUT2D eigenvalue weighted by Gasteiger charge is -2.42. The lowest BCUT2D eigenvalue weighted by molar-refractivity contribution is 0.492. The number of hydrogen-bond donors (Lipinski definition) is 0. The topological polar surface area (TPSA) is 0 Å². The molecule has 0 aromatic heterocycles. The molecule has 0 N–H and O–H groups in total. The van der Waals surface area contributed by atoms with Crippen LogP contribution in [0.2, 0.25) is 17.6 Å². The molecule has 1 saturated carbocycles. The first kappa shape index (κ1) is 12.9. The Morgan fingerprint density at radius 3 is 2.16 bits per heavy atom. The van der Waals surface area contributed by atoms with Crippen LogP contribution in [-0.4, -0.2) is 8.07 Å². The number of rotatable bonds is 3. The molecule has 0 nitrogen and oxygen atoms in total. The fourth-order valence-electron chi connectivity index (χ4n) is 4.03. The van der Waals surface area contributed by atoms with Crippen molar-refractivity contribution in [2.45, 2.75) is 49.7 Å². The van der Waals surface area contributed by atoms with E-state index in [-0.39, 0.29) is 0 Å². The van der Waals surface area contributed by atoms with Gasteiger partial charge in [-0.15, -0.1) is 0 Å². The summed E-state index contributed by atoms with van der Waals surface area (Å²) in [6.45, 7) is 2.63. The second-order valence-electron chi connectivity index (χ2n) is 6.28. The van der Waals surface area contributed by atoms with Crippen molar-refractivity contribution in [2.75, 3.05) is 0 Å². The molecular weight excluding hydrogens is 244 g/mol. The number of benzene rings is 1. The Balaban J connectivity index is 1.99. The molecule has 1 aromatic rings. The van der Waals surface area contributed by atoms with Crippen LogP contribution in [-0.2, 0) is 0 Å². The van der Waals surface area contributed by atoms with E-state index in [1.807, 2.05) is 0 Å². The summed E-state index contributed by atoms with van der Waals surface area (Å²) in [5.41, 5.74) is 1.67. The van der Waals surface area contributed by atoms with Crippen molar-refractivity contribution in [1.29, 1.82) is 0 Å². The Morgan fingerprint density at radius 1 is 0.895 bits per heavy atom. The van der Waals surface area contributed by atoms with Crippen LogP contribution in [0.15, 0.2) is 54.6 Å². The predicted molar refractivity (Wildman–Crippen MR) is 86.6 cm³/mol. The Morgan fingerprint density at radius 2 is 1.53 bits per heavy atom. The minimum absolute atomic E-state index is 0.706. The summed E-state index contributed by atoms with van der Waals surface area (Å²) in [4.78, 5) is 0. The summed E-state index contributed by atoms with van der Waals surface area (Å²) in [5, 5.41) is 1.66. The molecule has 3 rings (SSSR count). The molecule has 2 aliphatic carbocycles. The van der Waals surface area contributed by atoms with Crippen LogP contribution in [0.25, 0.3) is 0 Å². The summed E-state index contributed by atoms with van der Waals surface area (Å²) < 4.78 is 0. The van der Waals surface area contributed by atoms with Gasteiger partial charge in [0.05, 0.1) is 8.07 Å². The van der Waals surface area contributed by atoms with Gasteiger partial charge in [-0.1, -0.05) is 98.5 Å². The Bertz CT molecular complexity index is 456. The first-order valence-electron chi connectivity index (χ1n) is 7.72. The van der Waals surface area contributed by atoms with Gasteiger partial charge >= 0.3 is 0 Å². The zero-order valence-corrected chi connectivity index (χ0v) is 12.9. The van der Waals surface area contributed by atoms with Gasteiger partial charge in [0.15, 0.2) is 0 Å². The molecule has 0 heterocycles. The molecule has 0 spiro atoms. The molecule has 0 radical (unpaired) electrons. The fourth-order valence-corrected chi connectivity index (χ4v) is 8.97. The molecule has 0 amide bonds. The molecule has 1 aromatic carbocycles. The quantitative estimate of drug-likeness (QED) is 0.691. The molecule has 0 aliphatic heterocycles. The van der Waals surface area contributed by atoms with Gasteiger partial charge in [0.25, 0.3) is 0 Å². The van der Waals surface area contributed by atoms with E-state index in [2.05, 4.69) is 61.2 Å². The first-order chi connectivity index (χ1) is 9.32. The summed E-state index contributed by atoms with van der Waals surface area (Å²) in [6.07, 6.45) is 16.7. The van der Waals surface area contributed by atoms with E-state index in [9.17, 15) is 0 Å². The summed E-state index contributed by atoms with van der Waals surface area (Å²) in [6, 6.07) is 11.4. The van der Waals surface area contributed by atoms with Gasteiger partial charge in [-0.3, -0.25) is 0 Å². The molecule has 1 unspecified atom stereocenters. The van der Waals surface area contributed by atoms with E-state index in [1.165, 1.54) is 32.1 Å². The van der Waals surface area contributed by atoms with Crippen molar-refractivity contribution in [1.82, 2.24) is 0 Å². The van der Waals surface area contributed by atoms with E-state index < -0.39 is 8.07 Å². The molecule has 2 aliphatic rings. The maximum Gasteiger partial charge on any atom is 0.0971 e. The van der Waals surface area contributed by atoms with Crippen LogP contribution < -0.4 is 5.19 Å². The van der Waals surface area contributed by atoms with Crippen LogP contribution in [0.4, 0.5) is 0 Å². The normalized spacial score (nSPS) is 23.6. The monoisotopic (exact) mass is 268 g/mol. The van der Waals surface area contributed by atoms with Gasteiger partial charge in [-0.05, 0) is 11.1 Å². The van der Waals surface area contributed by atoms with Gasteiger partial charge in [-0.25, -0.2) is 0 Å². The standard InChI is InChI=1S/C18H24Si/c1-19(18-14-8-9-15-18,16-10-4-2-5-11-16)17-12-6-3-7-13-17/h2,4-5,8-11,14-15,17-18H,3,6-7,12-13H2,1H3. The van der Waals surface area contributed by atoms with Crippen molar-refractivity contribution in [3.63, 3.8) is 0 Å². The van der Waals surface area contributed by atoms with Crippen LogP contribution in [0.3, 0.4) is 0 Å². The molecule has 0 saturated heterocycles. The van der Waals surface area contributed by atoms with E-state index in [0.717, 1.165) is 5.54 Å². The molecule has 1 fully saturated rings. The third kappa shape index (κ3) is 2.36. The van der Waals surface area contributed by atoms with Crippen LogP contribution in [0.5, 0.6) is 0 Å². The van der Waals surface area contributed by atoms with E-state index >= 15 is 0 Å². The van der Waals surface area contributed by atoms with Crippen molar-refractivity contribution < 1.29 is 0 Å². The van der Waals surface area contributed by atoms with Crippen LogP contribution in [0.1, 0.15) is 32.1 Å². The minimum Gasteiger partial charge on any atom is -0.0800 e. The van der Waals surface area contributed by atoms with E-state index in [1.54, 1.807) is 5.19 Å². The molecular formula is C18H24Si. The van der Waals surface area contributed by atoms with Crippen molar-refractivity contribution in [3.8, 4) is 0 Å². The largest absolute Gasteiger partial charge is 0.0971 e. The zero-order chi connectivity index (χ0) is 13.1. The third-order valence-corrected chi connectivity index (χ3v) is 10.9. The summed E-state index contributed by atoms with van der Waals surface area (Å²) >= 11 is 0. The van der Waals surface area contributed by atoms with Crippen molar-refractivity contribution in [2.24, 2.45) is 0 Å². The minimum atomic E-state index is -1.47. The average molecular weight is 268 g/mol. The lowest BCUT2D eigenvalue weighted by Crippen LogP contribution is -2.52. The van der Waals surface area contributed by atoms with Crippen molar-refractivity contribution >= 4 is 13.3 Å². The first-order valence-corrected chi connectivity index (χ1v) is 10.4. The zero-order valence-electron chi connectivity index (χ0n) is 11.9. The summed E-state index contributed by atoms with van der Waals surface area (Å²) in [7, 11) is -1.47. The lowest BCUT2D eigenvalue weighted by atomic mass is 10.0. The Kier molecular flexibility index (Phi) is 3.74. The fraction of sp³-hybridized carbons (Fsp3) is 0.444. The molecule has 1 atom stereocenters. The third-order valence-electron chi connectivity index (χ3n) is 5.29. The van der Waals surface area contributed by atoms with Gasteiger partial charge in [-0.2, -0.15) is 0 Å². The Labute approximate surface area is 118 Å². The highest BCUT2D eigenvalue weighted by molar-refractivity contribution is 6.94.